The number of carbonyl (C=O) groups excluding carboxylic acids is 1. The fraction of sp³-hybridized carbons (Fsp3) is 0.333. The normalized spacial score (nSPS) is 11.5. The SMILES string of the molecule is Cc1ccccc1-n1ncc(C(=O)NCCCN)c1C(F)(F)F. The summed E-state index contributed by atoms with van der Waals surface area (Å²) in [5.41, 5.74) is 4.61. The van der Waals surface area contributed by atoms with Crippen LogP contribution in [0.2, 0.25) is 0 Å². The van der Waals surface area contributed by atoms with Gasteiger partial charge >= 0.3 is 6.18 Å². The van der Waals surface area contributed by atoms with E-state index in [1.54, 1.807) is 25.1 Å². The first-order chi connectivity index (χ1) is 10.9. The van der Waals surface area contributed by atoms with Gasteiger partial charge in [-0.15, -0.1) is 0 Å². The number of hydrogen-bond donors (Lipinski definition) is 2. The number of halogens is 3. The molecule has 0 spiro atoms. The van der Waals surface area contributed by atoms with Gasteiger partial charge in [0.15, 0.2) is 5.69 Å². The summed E-state index contributed by atoms with van der Waals surface area (Å²) in [6.45, 7) is 2.23. The number of nitrogens with one attached hydrogen (secondary N) is 1. The average Bonchev–Trinajstić information content (AvgIpc) is 2.93. The molecule has 1 aromatic heterocycles. The lowest BCUT2D eigenvalue weighted by atomic mass is 10.1. The van der Waals surface area contributed by atoms with Crippen LogP contribution >= 0.6 is 0 Å². The predicted octanol–water partition coefficient (Wildman–Crippen LogP) is 2.28. The Kier molecular flexibility index (Phi) is 5.05. The quantitative estimate of drug-likeness (QED) is 0.828. The summed E-state index contributed by atoms with van der Waals surface area (Å²) < 4.78 is 41.1. The summed E-state index contributed by atoms with van der Waals surface area (Å²) in [6.07, 6.45) is -3.29. The molecule has 0 saturated carbocycles. The molecule has 2 rings (SSSR count). The lowest BCUT2D eigenvalue weighted by Crippen LogP contribution is -2.28. The summed E-state index contributed by atoms with van der Waals surface area (Å²) in [6, 6.07) is 6.53. The maximum atomic E-state index is 13.4. The highest BCUT2D eigenvalue weighted by molar-refractivity contribution is 5.95. The molecular formula is C15H17F3N4O. The zero-order chi connectivity index (χ0) is 17.0. The van der Waals surface area contributed by atoms with Crippen molar-refractivity contribution in [1.82, 2.24) is 15.1 Å². The molecule has 0 saturated heterocycles. The van der Waals surface area contributed by atoms with Crippen LogP contribution in [0.1, 0.15) is 28.0 Å². The van der Waals surface area contributed by atoms with Crippen molar-refractivity contribution in [3.63, 3.8) is 0 Å². The van der Waals surface area contributed by atoms with Crippen molar-refractivity contribution in [3.8, 4) is 5.69 Å². The average molecular weight is 326 g/mol. The van der Waals surface area contributed by atoms with Crippen molar-refractivity contribution in [2.45, 2.75) is 19.5 Å². The van der Waals surface area contributed by atoms with Gasteiger partial charge < -0.3 is 11.1 Å². The second-order valence-corrected chi connectivity index (χ2v) is 5.00. The third-order valence-corrected chi connectivity index (χ3v) is 3.29. The van der Waals surface area contributed by atoms with Crippen molar-refractivity contribution >= 4 is 5.91 Å². The second kappa shape index (κ2) is 6.82. The molecule has 124 valence electrons. The monoisotopic (exact) mass is 326 g/mol. The minimum Gasteiger partial charge on any atom is -0.352 e. The number of benzene rings is 1. The molecule has 0 atom stereocenters. The maximum Gasteiger partial charge on any atom is 0.434 e. The molecule has 0 fully saturated rings. The lowest BCUT2D eigenvalue weighted by Gasteiger charge is -2.14. The van der Waals surface area contributed by atoms with Gasteiger partial charge in [-0.2, -0.15) is 18.3 Å². The van der Waals surface area contributed by atoms with E-state index in [0.717, 1.165) is 10.9 Å². The molecular weight excluding hydrogens is 309 g/mol. The van der Waals surface area contributed by atoms with Crippen LogP contribution in [0.3, 0.4) is 0 Å². The van der Waals surface area contributed by atoms with Gasteiger partial charge in [-0.05, 0) is 31.5 Å². The Morgan fingerprint density at radius 1 is 1.35 bits per heavy atom. The molecule has 5 nitrogen and oxygen atoms in total. The van der Waals surface area contributed by atoms with E-state index in [9.17, 15) is 18.0 Å². The van der Waals surface area contributed by atoms with Gasteiger partial charge in [0.05, 0.1) is 17.4 Å². The van der Waals surface area contributed by atoms with Crippen LogP contribution in [-0.2, 0) is 6.18 Å². The van der Waals surface area contributed by atoms with Crippen LogP contribution in [0.5, 0.6) is 0 Å². The predicted molar refractivity (Wildman–Crippen MR) is 79.3 cm³/mol. The van der Waals surface area contributed by atoms with E-state index in [-0.39, 0.29) is 12.2 Å². The molecule has 2 aromatic rings. The number of rotatable bonds is 5. The zero-order valence-electron chi connectivity index (χ0n) is 12.5. The van der Waals surface area contributed by atoms with Gasteiger partial charge in [0.2, 0.25) is 0 Å². The van der Waals surface area contributed by atoms with Crippen molar-refractivity contribution in [2.75, 3.05) is 13.1 Å². The Labute approximate surface area is 131 Å². The van der Waals surface area contributed by atoms with Crippen molar-refractivity contribution in [2.24, 2.45) is 5.73 Å². The minimum absolute atomic E-state index is 0.210. The van der Waals surface area contributed by atoms with Crippen molar-refractivity contribution in [1.29, 1.82) is 0 Å². The number of hydrogen-bond acceptors (Lipinski definition) is 3. The molecule has 8 heteroatoms. The molecule has 1 amide bonds. The Bertz CT molecular complexity index is 694. The Morgan fingerprint density at radius 3 is 2.65 bits per heavy atom. The van der Waals surface area contributed by atoms with Gasteiger partial charge in [0, 0.05) is 6.54 Å². The van der Waals surface area contributed by atoms with Gasteiger partial charge in [-0.25, -0.2) is 4.68 Å². The fourth-order valence-electron chi connectivity index (χ4n) is 2.17. The summed E-state index contributed by atoms with van der Waals surface area (Å²) in [7, 11) is 0. The van der Waals surface area contributed by atoms with Gasteiger partial charge in [-0.3, -0.25) is 4.79 Å². The number of nitrogens with two attached hydrogens (primary N) is 1. The molecule has 0 bridgehead atoms. The molecule has 0 aliphatic carbocycles. The van der Waals surface area contributed by atoms with Gasteiger partial charge in [-0.1, -0.05) is 18.2 Å². The summed E-state index contributed by atoms with van der Waals surface area (Å²) in [5, 5.41) is 6.19. The first kappa shape index (κ1) is 17.0. The van der Waals surface area contributed by atoms with Gasteiger partial charge in [0.25, 0.3) is 5.91 Å². The molecule has 0 radical (unpaired) electrons. The number of nitrogens with zero attached hydrogens (tertiary/aromatic N) is 2. The number of aromatic nitrogens is 2. The first-order valence-electron chi connectivity index (χ1n) is 7.05. The highest BCUT2D eigenvalue weighted by Gasteiger charge is 2.40. The van der Waals surface area contributed by atoms with Crippen LogP contribution < -0.4 is 11.1 Å². The molecule has 1 aromatic carbocycles. The number of aryl methyl sites for hydroxylation is 1. The molecule has 1 heterocycles. The summed E-state index contributed by atoms with van der Waals surface area (Å²) >= 11 is 0. The number of para-hydroxylation sites is 1. The summed E-state index contributed by atoms with van der Waals surface area (Å²) in [5.74, 6) is -0.814. The molecule has 0 aliphatic heterocycles. The molecule has 3 N–H and O–H groups in total. The van der Waals surface area contributed by atoms with E-state index in [1.165, 1.54) is 6.07 Å². The van der Waals surface area contributed by atoms with E-state index >= 15 is 0 Å². The van der Waals surface area contributed by atoms with E-state index in [0.29, 0.717) is 18.5 Å². The molecule has 23 heavy (non-hydrogen) atoms. The summed E-state index contributed by atoms with van der Waals surface area (Å²) in [4.78, 5) is 12.0. The number of alkyl halides is 3. The fourth-order valence-corrected chi connectivity index (χ4v) is 2.17. The Balaban J connectivity index is 2.46. The number of amides is 1. The highest BCUT2D eigenvalue weighted by atomic mass is 19.4. The third-order valence-electron chi connectivity index (χ3n) is 3.29. The largest absolute Gasteiger partial charge is 0.434 e. The number of carbonyl (C=O) groups is 1. The topological polar surface area (TPSA) is 72.9 Å². The van der Waals surface area contributed by atoms with Crippen molar-refractivity contribution in [3.05, 3.63) is 47.3 Å². The van der Waals surface area contributed by atoms with E-state index < -0.39 is 23.3 Å². The van der Waals surface area contributed by atoms with E-state index in [4.69, 9.17) is 5.73 Å². The van der Waals surface area contributed by atoms with Gasteiger partial charge in [0.1, 0.15) is 0 Å². The van der Waals surface area contributed by atoms with E-state index in [1.807, 2.05) is 0 Å². The zero-order valence-corrected chi connectivity index (χ0v) is 12.5. The maximum absolute atomic E-state index is 13.4. The third kappa shape index (κ3) is 3.70. The van der Waals surface area contributed by atoms with Crippen molar-refractivity contribution < 1.29 is 18.0 Å². The standard InChI is InChI=1S/C15H17F3N4O/c1-10-5-2-3-6-12(10)22-13(15(16,17)18)11(9-21-22)14(23)20-8-4-7-19/h2-3,5-6,9H,4,7-8,19H2,1H3,(H,20,23). The molecule has 0 aliphatic rings. The van der Waals surface area contributed by atoms with E-state index in [2.05, 4.69) is 10.4 Å². The Morgan fingerprint density at radius 2 is 2.04 bits per heavy atom. The molecule has 0 unspecified atom stereocenters. The Hall–Kier alpha value is -2.35. The first-order valence-corrected chi connectivity index (χ1v) is 7.05. The lowest BCUT2D eigenvalue weighted by molar-refractivity contribution is -0.143. The van der Waals surface area contributed by atoms with Crippen LogP contribution in [0.15, 0.2) is 30.5 Å². The van der Waals surface area contributed by atoms with Crippen LogP contribution in [0, 0.1) is 6.92 Å². The minimum atomic E-state index is -4.71. The highest BCUT2D eigenvalue weighted by Crippen LogP contribution is 2.34. The van der Waals surface area contributed by atoms with Crippen LogP contribution in [0.25, 0.3) is 5.69 Å². The van der Waals surface area contributed by atoms with Crippen LogP contribution in [-0.4, -0.2) is 28.8 Å². The second-order valence-electron chi connectivity index (χ2n) is 5.00. The van der Waals surface area contributed by atoms with Crippen LogP contribution in [0.4, 0.5) is 13.2 Å². The smallest absolute Gasteiger partial charge is 0.352 e.